The molecule has 0 unspecified atom stereocenters. The summed E-state index contributed by atoms with van der Waals surface area (Å²) in [4.78, 5) is 12.3. The van der Waals surface area contributed by atoms with Crippen molar-refractivity contribution in [3.05, 3.63) is 0 Å². The van der Waals surface area contributed by atoms with Gasteiger partial charge in [0.1, 0.15) is 0 Å². The highest BCUT2D eigenvalue weighted by Crippen LogP contribution is 2.63. The van der Waals surface area contributed by atoms with Gasteiger partial charge in [-0.25, -0.2) is 0 Å². The number of alkyl halides is 1. The highest BCUT2D eigenvalue weighted by Gasteiger charge is 2.59. The number of halogens is 1. The average Bonchev–Trinajstić information content (AvgIpc) is 2.22. The van der Waals surface area contributed by atoms with Gasteiger partial charge in [-0.05, 0) is 57.3 Å². The summed E-state index contributed by atoms with van der Waals surface area (Å²) < 4.78 is 0. The quantitative estimate of drug-likeness (QED) is 0.772. The second-order valence-corrected chi connectivity index (χ2v) is 7.75. The van der Waals surface area contributed by atoms with Crippen LogP contribution in [-0.2, 0) is 4.79 Å². The number of carbonyl (C=O) groups is 1. The van der Waals surface area contributed by atoms with Crippen molar-refractivity contribution in [2.45, 2.75) is 56.4 Å². The molecule has 0 radical (unpaired) electrons. The maximum Gasteiger partial charge on any atom is 0.226 e. The van der Waals surface area contributed by atoms with E-state index in [0.717, 1.165) is 32.1 Å². The molecular formula is C14H22ClNO2. The Balaban J connectivity index is 1.76. The van der Waals surface area contributed by atoms with Gasteiger partial charge in [0, 0.05) is 11.4 Å². The predicted molar refractivity (Wildman–Crippen MR) is 70.4 cm³/mol. The Hall–Kier alpha value is -0.280. The van der Waals surface area contributed by atoms with Crippen LogP contribution in [0.3, 0.4) is 0 Å². The van der Waals surface area contributed by atoms with Crippen LogP contribution in [0.2, 0.25) is 0 Å². The maximum atomic E-state index is 12.5. The molecule has 2 N–H and O–H groups in total. The Labute approximate surface area is 113 Å². The number of aliphatic hydroxyl groups is 1. The van der Waals surface area contributed by atoms with Crippen molar-refractivity contribution < 1.29 is 9.90 Å². The van der Waals surface area contributed by atoms with Crippen LogP contribution in [0.15, 0.2) is 0 Å². The lowest BCUT2D eigenvalue weighted by molar-refractivity contribution is -0.145. The summed E-state index contributed by atoms with van der Waals surface area (Å²) in [7, 11) is 0. The monoisotopic (exact) mass is 271 g/mol. The van der Waals surface area contributed by atoms with E-state index >= 15 is 0 Å². The molecule has 0 spiro atoms. The molecule has 0 aliphatic heterocycles. The van der Waals surface area contributed by atoms with Crippen LogP contribution in [0.5, 0.6) is 0 Å². The molecule has 0 heterocycles. The SMILES string of the molecule is C[C@H](O)CNC(=O)C12C[C@H]3C[C@@H](CC(Cl)(C3)C1)C2. The lowest BCUT2D eigenvalue weighted by Gasteiger charge is -2.59. The van der Waals surface area contributed by atoms with Gasteiger partial charge in [0.05, 0.1) is 11.5 Å². The van der Waals surface area contributed by atoms with Crippen molar-refractivity contribution >= 4 is 17.5 Å². The van der Waals surface area contributed by atoms with Crippen molar-refractivity contribution in [1.82, 2.24) is 5.32 Å². The number of rotatable bonds is 3. The summed E-state index contributed by atoms with van der Waals surface area (Å²) in [6.45, 7) is 2.05. The third kappa shape index (κ3) is 2.05. The summed E-state index contributed by atoms with van der Waals surface area (Å²) in [6, 6.07) is 0. The van der Waals surface area contributed by atoms with E-state index in [4.69, 9.17) is 11.6 Å². The van der Waals surface area contributed by atoms with Crippen molar-refractivity contribution in [2.24, 2.45) is 17.3 Å². The van der Waals surface area contributed by atoms with E-state index < -0.39 is 6.10 Å². The molecule has 0 aromatic rings. The zero-order chi connectivity index (χ0) is 13.0. The first-order valence-electron chi connectivity index (χ1n) is 7.06. The molecule has 4 aliphatic rings. The third-order valence-corrected chi connectivity index (χ3v) is 5.47. The lowest BCUT2D eigenvalue weighted by atomic mass is 9.49. The Kier molecular flexibility index (Phi) is 2.91. The summed E-state index contributed by atoms with van der Waals surface area (Å²) in [6.07, 6.45) is 5.81. The van der Waals surface area contributed by atoms with Crippen LogP contribution >= 0.6 is 11.6 Å². The molecule has 3 nitrogen and oxygen atoms in total. The van der Waals surface area contributed by atoms with Crippen molar-refractivity contribution in [2.75, 3.05) is 6.54 Å². The first-order chi connectivity index (χ1) is 8.41. The van der Waals surface area contributed by atoms with E-state index in [1.54, 1.807) is 6.92 Å². The molecule has 4 heteroatoms. The highest BCUT2D eigenvalue weighted by molar-refractivity contribution is 6.24. The molecule has 4 fully saturated rings. The number of nitrogens with one attached hydrogen (secondary N) is 1. The molecule has 18 heavy (non-hydrogen) atoms. The summed E-state index contributed by atoms with van der Waals surface area (Å²) in [5.74, 6) is 1.41. The average molecular weight is 272 g/mol. The number of aliphatic hydroxyl groups excluding tert-OH is 1. The molecule has 0 saturated heterocycles. The fourth-order valence-electron chi connectivity index (χ4n) is 4.84. The first-order valence-corrected chi connectivity index (χ1v) is 7.44. The molecule has 4 saturated carbocycles. The van der Waals surface area contributed by atoms with Crippen molar-refractivity contribution in [3.8, 4) is 0 Å². The molecule has 0 aromatic carbocycles. The number of amides is 1. The predicted octanol–water partition coefficient (Wildman–Crippen LogP) is 2.06. The maximum absolute atomic E-state index is 12.5. The van der Waals surface area contributed by atoms with Crippen LogP contribution in [0.1, 0.15) is 45.4 Å². The molecular weight excluding hydrogens is 250 g/mol. The van der Waals surface area contributed by atoms with Gasteiger partial charge in [-0.2, -0.15) is 0 Å². The number of hydrogen-bond acceptors (Lipinski definition) is 2. The fourth-order valence-corrected chi connectivity index (χ4v) is 5.54. The standard InChI is InChI=1S/C14H22ClNO2/c1-9(17)7-16-12(18)13-3-10-2-11(4-13)6-14(15,5-10)8-13/h9-11,17H,2-8H2,1H3,(H,16,18)/t9-,10+,11+,13?,14?/m0/s1. The zero-order valence-corrected chi connectivity index (χ0v) is 11.7. The van der Waals surface area contributed by atoms with Gasteiger partial charge in [0.2, 0.25) is 5.91 Å². The molecule has 4 aliphatic carbocycles. The van der Waals surface area contributed by atoms with Gasteiger partial charge < -0.3 is 10.4 Å². The van der Waals surface area contributed by atoms with Gasteiger partial charge in [-0.3, -0.25) is 4.79 Å². The van der Waals surface area contributed by atoms with E-state index in [-0.39, 0.29) is 16.2 Å². The van der Waals surface area contributed by atoms with Crippen molar-refractivity contribution in [1.29, 1.82) is 0 Å². The van der Waals surface area contributed by atoms with Crippen LogP contribution in [0.4, 0.5) is 0 Å². The highest BCUT2D eigenvalue weighted by atomic mass is 35.5. The topological polar surface area (TPSA) is 49.3 Å². The minimum Gasteiger partial charge on any atom is -0.392 e. The van der Waals surface area contributed by atoms with E-state index in [2.05, 4.69) is 5.32 Å². The van der Waals surface area contributed by atoms with Crippen LogP contribution < -0.4 is 5.32 Å². The van der Waals surface area contributed by atoms with Gasteiger partial charge in [0.25, 0.3) is 0 Å². The van der Waals surface area contributed by atoms with Crippen LogP contribution in [0, 0.1) is 17.3 Å². The third-order valence-electron chi connectivity index (χ3n) is 5.03. The minimum atomic E-state index is -0.479. The zero-order valence-electron chi connectivity index (χ0n) is 10.9. The second kappa shape index (κ2) is 4.11. The molecule has 0 aromatic heterocycles. The van der Waals surface area contributed by atoms with E-state index in [0.29, 0.717) is 18.4 Å². The second-order valence-electron chi connectivity index (χ2n) is 6.95. The normalized spacial score (nSPS) is 47.1. The van der Waals surface area contributed by atoms with Crippen LogP contribution in [-0.4, -0.2) is 28.5 Å². The number of carbonyl (C=O) groups excluding carboxylic acids is 1. The fraction of sp³-hybridized carbons (Fsp3) is 0.929. The molecule has 102 valence electrons. The van der Waals surface area contributed by atoms with Crippen molar-refractivity contribution in [3.63, 3.8) is 0 Å². The summed E-state index contributed by atoms with van der Waals surface area (Å²) in [5.41, 5.74) is -0.235. The smallest absolute Gasteiger partial charge is 0.226 e. The Morgan fingerprint density at radius 3 is 2.50 bits per heavy atom. The van der Waals surface area contributed by atoms with Crippen LogP contribution in [0.25, 0.3) is 0 Å². The largest absolute Gasteiger partial charge is 0.392 e. The summed E-state index contributed by atoms with van der Waals surface area (Å²) >= 11 is 6.70. The molecule has 4 bridgehead atoms. The first kappa shape index (κ1) is 12.7. The number of hydrogen-bond donors (Lipinski definition) is 2. The van der Waals surface area contributed by atoms with Gasteiger partial charge in [-0.1, -0.05) is 0 Å². The van der Waals surface area contributed by atoms with Gasteiger partial charge in [-0.15, -0.1) is 11.6 Å². The van der Waals surface area contributed by atoms with E-state index in [1.807, 2.05) is 0 Å². The Morgan fingerprint density at radius 2 is 2.00 bits per heavy atom. The van der Waals surface area contributed by atoms with E-state index in [9.17, 15) is 9.90 Å². The Bertz CT molecular complexity index is 355. The van der Waals surface area contributed by atoms with Gasteiger partial charge in [0.15, 0.2) is 0 Å². The minimum absolute atomic E-state index is 0.119. The molecule has 1 amide bonds. The lowest BCUT2D eigenvalue weighted by Crippen LogP contribution is -2.58. The Morgan fingerprint density at radius 1 is 1.39 bits per heavy atom. The van der Waals surface area contributed by atoms with Gasteiger partial charge >= 0.3 is 0 Å². The molecule has 3 atom stereocenters. The van der Waals surface area contributed by atoms with E-state index in [1.165, 1.54) is 6.42 Å². The molecule has 4 rings (SSSR count). The summed E-state index contributed by atoms with van der Waals surface area (Å²) in [5, 5.41) is 12.2.